The zero-order chi connectivity index (χ0) is 24.4. The summed E-state index contributed by atoms with van der Waals surface area (Å²) < 4.78 is 5.57. The van der Waals surface area contributed by atoms with E-state index in [1.54, 1.807) is 6.92 Å². The van der Waals surface area contributed by atoms with Gasteiger partial charge in [0.2, 0.25) is 5.91 Å². The van der Waals surface area contributed by atoms with Crippen LogP contribution in [0, 0.1) is 0 Å². The van der Waals surface area contributed by atoms with Crippen LogP contribution >= 0.6 is 12.4 Å². The van der Waals surface area contributed by atoms with Crippen molar-refractivity contribution in [2.24, 2.45) is 0 Å². The minimum absolute atomic E-state index is 0. The van der Waals surface area contributed by atoms with Crippen LogP contribution < -0.4 is 10.2 Å². The number of ether oxygens (including phenoxy) is 1. The number of amides is 2. The van der Waals surface area contributed by atoms with Gasteiger partial charge in [-0.25, -0.2) is 4.79 Å². The van der Waals surface area contributed by atoms with E-state index >= 15 is 0 Å². The van der Waals surface area contributed by atoms with E-state index in [0.717, 1.165) is 48.2 Å². The van der Waals surface area contributed by atoms with Crippen molar-refractivity contribution >= 4 is 30.1 Å². The van der Waals surface area contributed by atoms with E-state index in [2.05, 4.69) is 46.6 Å². The molecule has 0 unspecified atom stereocenters. The summed E-state index contributed by atoms with van der Waals surface area (Å²) in [7, 11) is 0. The van der Waals surface area contributed by atoms with Gasteiger partial charge in [0.15, 0.2) is 0 Å². The average Bonchev–Trinajstić information content (AvgIpc) is 2.82. The number of likely N-dealkylation sites (tertiary alicyclic amines) is 1. The first-order valence-corrected chi connectivity index (χ1v) is 13.2. The highest BCUT2D eigenvalue weighted by molar-refractivity contribution is 5.94. The maximum atomic E-state index is 12.6. The lowest BCUT2D eigenvalue weighted by molar-refractivity contribution is -0.117. The summed E-state index contributed by atoms with van der Waals surface area (Å²) in [5.41, 5.74) is 5.40. The highest BCUT2D eigenvalue weighted by atomic mass is 35.5. The predicted octanol–water partition coefficient (Wildman–Crippen LogP) is 6.23. The molecule has 194 valence electrons. The molecule has 0 radical (unpaired) electrons. The maximum absolute atomic E-state index is 12.6. The summed E-state index contributed by atoms with van der Waals surface area (Å²) >= 11 is 0. The Labute approximate surface area is 220 Å². The number of piperidine rings is 1. The third-order valence-electron chi connectivity index (χ3n) is 7.78. The number of alkyl carbamates (subject to hydrolysis) is 1. The molecule has 2 aromatic rings. The summed E-state index contributed by atoms with van der Waals surface area (Å²) in [6, 6.07) is 14.8. The van der Waals surface area contributed by atoms with Crippen molar-refractivity contribution in [3.63, 3.8) is 0 Å². The lowest BCUT2D eigenvalue weighted by Crippen LogP contribution is -2.46. The monoisotopic (exact) mass is 511 g/mol. The molecule has 5 rings (SSSR count). The van der Waals surface area contributed by atoms with Crippen molar-refractivity contribution in [3.05, 3.63) is 53.6 Å². The summed E-state index contributed by atoms with van der Waals surface area (Å²) in [5, 5.41) is 3.09. The van der Waals surface area contributed by atoms with Crippen molar-refractivity contribution in [3.8, 4) is 11.1 Å². The normalized spacial score (nSPS) is 22.1. The van der Waals surface area contributed by atoms with Gasteiger partial charge in [-0.05, 0) is 92.9 Å². The number of rotatable bonds is 5. The van der Waals surface area contributed by atoms with Gasteiger partial charge < -0.3 is 15.0 Å². The predicted molar refractivity (Wildman–Crippen MR) is 145 cm³/mol. The van der Waals surface area contributed by atoms with Gasteiger partial charge in [0.05, 0.1) is 6.04 Å². The topological polar surface area (TPSA) is 61.9 Å². The van der Waals surface area contributed by atoms with E-state index in [1.165, 1.54) is 37.9 Å². The fraction of sp³-hybridized carbons (Fsp3) is 0.517. The van der Waals surface area contributed by atoms with Gasteiger partial charge in [0, 0.05) is 25.2 Å². The first-order chi connectivity index (χ1) is 17.0. The van der Waals surface area contributed by atoms with Crippen LogP contribution in [-0.4, -0.2) is 42.1 Å². The van der Waals surface area contributed by atoms with E-state index in [1.807, 2.05) is 17.9 Å². The Kier molecular flexibility index (Phi) is 8.58. The molecule has 2 heterocycles. The van der Waals surface area contributed by atoms with Crippen LogP contribution in [-0.2, 0) is 16.1 Å². The molecule has 1 aliphatic carbocycles. The zero-order valence-electron chi connectivity index (χ0n) is 21.4. The highest BCUT2D eigenvalue weighted by Gasteiger charge is 2.34. The van der Waals surface area contributed by atoms with Gasteiger partial charge >= 0.3 is 6.09 Å². The van der Waals surface area contributed by atoms with Crippen molar-refractivity contribution in [2.45, 2.75) is 83.5 Å². The minimum Gasteiger partial charge on any atom is -0.446 e. The minimum atomic E-state index is -0.360. The van der Waals surface area contributed by atoms with E-state index in [4.69, 9.17) is 4.74 Å². The van der Waals surface area contributed by atoms with Gasteiger partial charge in [-0.2, -0.15) is 0 Å². The molecule has 2 fully saturated rings. The molecule has 2 aliphatic heterocycles. The third kappa shape index (κ3) is 5.87. The fourth-order valence-corrected chi connectivity index (χ4v) is 5.65. The quantitative estimate of drug-likeness (QED) is 0.517. The van der Waals surface area contributed by atoms with Crippen molar-refractivity contribution < 1.29 is 14.3 Å². The molecule has 3 aliphatic rings. The first kappa shape index (κ1) is 26.5. The number of hydrogen-bond donors (Lipinski definition) is 1. The van der Waals surface area contributed by atoms with Crippen LogP contribution in [0.1, 0.15) is 76.0 Å². The average molecular weight is 512 g/mol. The molecule has 0 aromatic heterocycles. The molecule has 2 amide bonds. The second-order valence-electron chi connectivity index (χ2n) is 10.4. The molecule has 0 spiro atoms. The van der Waals surface area contributed by atoms with Crippen LogP contribution in [0.25, 0.3) is 11.1 Å². The number of fused-ring (bicyclic) bond motifs is 1. The van der Waals surface area contributed by atoms with Crippen molar-refractivity contribution in [1.82, 2.24) is 10.2 Å². The standard InChI is InChI=1S/C29H37N3O3.ClH/c1-20-17-27(30-29(34)35-25-7-6-8-25)26-18-24(13-14-28(26)32(20)21(2)33)23-11-9-22(10-12-23)19-31-15-4-3-5-16-31;/h9-14,18,20,25,27H,3-8,15-17,19H2,1-2H3,(H,30,34);1H/t20-,27+;/m1./s1. The number of benzene rings is 2. The number of nitrogens with zero attached hydrogens (tertiary/aromatic N) is 2. The molecule has 6 nitrogen and oxygen atoms in total. The molecule has 1 saturated carbocycles. The Morgan fingerprint density at radius 2 is 1.67 bits per heavy atom. The summed E-state index contributed by atoms with van der Waals surface area (Å²) in [5.74, 6) is 0.0176. The smallest absolute Gasteiger partial charge is 0.407 e. The first-order valence-electron chi connectivity index (χ1n) is 13.2. The number of carbonyl (C=O) groups excluding carboxylic acids is 2. The van der Waals surface area contributed by atoms with Gasteiger partial charge in [0.25, 0.3) is 0 Å². The largest absolute Gasteiger partial charge is 0.446 e. The van der Waals surface area contributed by atoms with E-state index in [0.29, 0.717) is 6.42 Å². The fourth-order valence-electron chi connectivity index (χ4n) is 5.65. The summed E-state index contributed by atoms with van der Waals surface area (Å²) in [4.78, 5) is 29.4. The molecular formula is C29H38ClN3O3. The number of anilines is 1. The maximum Gasteiger partial charge on any atom is 0.407 e. The van der Waals surface area contributed by atoms with Crippen molar-refractivity contribution in [2.75, 3.05) is 18.0 Å². The Balaban J connectivity index is 0.00000304. The Bertz CT molecular complexity index is 1060. The third-order valence-corrected chi connectivity index (χ3v) is 7.78. The lowest BCUT2D eigenvalue weighted by atomic mass is 9.89. The molecule has 2 aromatic carbocycles. The zero-order valence-corrected chi connectivity index (χ0v) is 22.2. The molecule has 0 bridgehead atoms. The van der Waals surface area contributed by atoms with Gasteiger partial charge in [-0.3, -0.25) is 9.69 Å². The van der Waals surface area contributed by atoms with Gasteiger partial charge in [-0.15, -0.1) is 12.4 Å². The number of carbonyl (C=O) groups is 2. The lowest BCUT2D eigenvalue weighted by Gasteiger charge is -2.39. The van der Waals surface area contributed by atoms with Gasteiger partial charge in [-0.1, -0.05) is 36.8 Å². The molecule has 1 N–H and O–H groups in total. The molecular weight excluding hydrogens is 474 g/mol. The van der Waals surface area contributed by atoms with Gasteiger partial charge in [0.1, 0.15) is 6.10 Å². The van der Waals surface area contributed by atoms with Crippen LogP contribution in [0.4, 0.5) is 10.5 Å². The van der Waals surface area contributed by atoms with Crippen LogP contribution in [0.5, 0.6) is 0 Å². The Hall–Kier alpha value is -2.57. The Morgan fingerprint density at radius 1 is 0.972 bits per heavy atom. The second-order valence-corrected chi connectivity index (χ2v) is 10.4. The number of halogens is 1. The van der Waals surface area contributed by atoms with Crippen LogP contribution in [0.3, 0.4) is 0 Å². The van der Waals surface area contributed by atoms with Crippen molar-refractivity contribution in [1.29, 1.82) is 0 Å². The summed E-state index contributed by atoms with van der Waals surface area (Å²) in [6.45, 7) is 7.02. The number of hydrogen-bond acceptors (Lipinski definition) is 4. The highest BCUT2D eigenvalue weighted by Crippen LogP contribution is 2.40. The van der Waals surface area contributed by atoms with Crippen LogP contribution in [0.15, 0.2) is 42.5 Å². The molecule has 1 saturated heterocycles. The summed E-state index contributed by atoms with van der Waals surface area (Å²) in [6.07, 6.45) is 7.29. The molecule has 7 heteroatoms. The van der Waals surface area contributed by atoms with E-state index in [-0.39, 0.29) is 42.6 Å². The number of nitrogens with one attached hydrogen (secondary N) is 1. The SMILES string of the molecule is CC(=O)N1c2ccc(-c3ccc(CN4CCCCC4)cc3)cc2[C@@H](NC(=O)OC2CCC2)C[C@H]1C.Cl. The molecule has 36 heavy (non-hydrogen) atoms. The molecule has 2 atom stereocenters. The van der Waals surface area contributed by atoms with E-state index in [9.17, 15) is 9.59 Å². The van der Waals surface area contributed by atoms with Crippen LogP contribution in [0.2, 0.25) is 0 Å². The Morgan fingerprint density at radius 3 is 2.31 bits per heavy atom. The van der Waals surface area contributed by atoms with E-state index < -0.39 is 0 Å². The second kappa shape index (κ2) is 11.7.